The van der Waals surface area contributed by atoms with Crippen LogP contribution in [0.5, 0.6) is 5.75 Å². The van der Waals surface area contributed by atoms with E-state index in [1.54, 1.807) is 18.2 Å². The van der Waals surface area contributed by atoms with Gasteiger partial charge >= 0.3 is 0 Å². The second-order valence-corrected chi connectivity index (χ2v) is 4.48. The van der Waals surface area contributed by atoms with Crippen LogP contribution in [0.25, 0.3) is 0 Å². The second-order valence-electron chi connectivity index (χ2n) is 4.48. The van der Waals surface area contributed by atoms with Gasteiger partial charge in [0.1, 0.15) is 11.2 Å². The molecule has 0 aliphatic heterocycles. The molecule has 0 radical (unpaired) electrons. The summed E-state index contributed by atoms with van der Waals surface area (Å²) in [6.07, 6.45) is 1.19. The number of amidine groups is 1. The summed E-state index contributed by atoms with van der Waals surface area (Å²) in [6.45, 7) is 2.45. The van der Waals surface area contributed by atoms with Crippen LogP contribution in [0.15, 0.2) is 29.4 Å². The summed E-state index contributed by atoms with van der Waals surface area (Å²) in [5.74, 6) is 0.399. The van der Waals surface area contributed by atoms with E-state index in [1.165, 1.54) is 0 Å². The number of anilines is 1. The molecule has 1 saturated carbocycles. The fourth-order valence-electron chi connectivity index (χ4n) is 1.90. The maximum atomic E-state index is 12.1. The fraction of sp³-hybridized carbons (Fsp3) is 0.385. The van der Waals surface area contributed by atoms with Crippen molar-refractivity contribution in [3.05, 3.63) is 24.3 Å². The number of rotatable bonds is 5. The Morgan fingerprint density at radius 3 is 2.89 bits per heavy atom. The molecule has 102 valence electrons. The van der Waals surface area contributed by atoms with E-state index >= 15 is 0 Å². The van der Waals surface area contributed by atoms with Crippen LogP contribution < -0.4 is 15.8 Å². The first kappa shape index (κ1) is 13.2. The number of benzene rings is 1. The van der Waals surface area contributed by atoms with Gasteiger partial charge in [-0.1, -0.05) is 11.2 Å². The Morgan fingerprint density at radius 1 is 1.58 bits per heavy atom. The molecule has 0 spiro atoms. The molecule has 1 aromatic carbocycles. The Bertz CT molecular complexity index is 510. The normalized spacial score (nSPS) is 16.8. The summed E-state index contributed by atoms with van der Waals surface area (Å²) in [5.41, 5.74) is 5.34. The highest BCUT2D eigenvalue weighted by Crippen LogP contribution is 2.46. The van der Waals surface area contributed by atoms with Gasteiger partial charge < -0.3 is 21.0 Å². The quantitative estimate of drug-likeness (QED) is 0.325. The number of amides is 1. The van der Waals surface area contributed by atoms with Crippen LogP contribution in [0, 0.1) is 5.41 Å². The Balaban J connectivity index is 2.09. The molecule has 0 bridgehead atoms. The van der Waals surface area contributed by atoms with E-state index in [0.717, 1.165) is 0 Å². The molecular weight excluding hydrogens is 246 g/mol. The third kappa shape index (κ3) is 2.62. The van der Waals surface area contributed by atoms with Crippen molar-refractivity contribution in [2.24, 2.45) is 16.3 Å². The number of carbonyl (C=O) groups excluding carboxylic acids is 1. The van der Waals surface area contributed by atoms with Crippen molar-refractivity contribution in [2.75, 3.05) is 11.9 Å². The first-order valence-electron chi connectivity index (χ1n) is 6.14. The number of hydrogen-bond donors (Lipinski definition) is 3. The highest BCUT2D eigenvalue weighted by molar-refractivity contribution is 6.14. The van der Waals surface area contributed by atoms with Gasteiger partial charge in [-0.15, -0.1) is 0 Å². The van der Waals surface area contributed by atoms with Crippen LogP contribution in [0.2, 0.25) is 0 Å². The average molecular weight is 263 g/mol. The Labute approximate surface area is 111 Å². The van der Waals surface area contributed by atoms with Crippen LogP contribution in [0.3, 0.4) is 0 Å². The third-order valence-electron chi connectivity index (χ3n) is 3.19. The summed E-state index contributed by atoms with van der Waals surface area (Å²) >= 11 is 0. The average Bonchev–Trinajstić information content (AvgIpc) is 3.20. The van der Waals surface area contributed by atoms with Gasteiger partial charge in [-0.05, 0) is 31.9 Å². The molecule has 0 atom stereocenters. The number of ether oxygens (including phenoxy) is 1. The van der Waals surface area contributed by atoms with Crippen molar-refractivity contribution < 1.29 is 14.7 Å². The molecule has 6 heteroatoms. The highest BCUT2D eigenvalue weighted by atomic mass is 16.5. The van der Waals surface area contributed by atoms with Gasteiger partial charge in [-0.3, -0.25) is 4.79 Å². The molecule has 1 aliphatic carbocycles. The molecule has 1 aliphatic rings. The minimum atomic E-state index is -0.851. The number of carbonyl (C=O) groups is 1. The predicted molar refractivity (Wildman–Crippen MR) is 71.3 cm³/mol. The second kappa shape index (κ2) is 5.17. The zero-order valence-electron chi connectivity index (χ0n) is 10.7. The monoisotopic (exact) mass is 263 g/mol. The van der Waals surface area contributed by atoms with E-state index in [0.29, 0.717) is 30.9 Å². The van der Waals surface area contributed by atoms with Crippen molar-refractivity contribution in [1.29, 1.82) is 0 Å². The van der Waals surface area contributed by atoms with Gasteiger partial charge in [-0.25, -0.2) is 0 Å². The number of oxime groups is 1. The van der Waals surface area contributed by atoms with E-state index in [-0.39, 0.29) is 11.7 Å². The van der Waals surface area contributed by atoms with Crippen molar-refractivity contribution in [3.63, 3.8) is 0 Å². The minimum absolute atomic E-state index is 0.0361. The van der Waals surface area contributed by atoms with E-state index in [2.05, 4.69) is 10.5 Å². The lowest BCUT2D eigenvalue weighted by Gasteiger charge is -2.14. The van der Waals surface area contributed by atoms with E-state index in [4.69, 9.17) is 15.7 Å². The summed E-state index contributed by atoms with van der Waals surface area (Å²) in [4.78, 5) is 12.1. The zero-order chi connectivity index (χ0) is 13.9. The third-order valence-corrected chi connectivity index (χ3v) is 3.19. The van der Waals surface area contributed by atoms with Crippen molar-refractivity contribution >= 4 is 17.4 Å². The molecule has 4 N–H and O–H groups in total. The first-order valence-corrected chi connectivity index (χ1v) is 6.14. The number of nitrogens with one attached hydrogen (secondary N) is 1. The zero-order valence-corrected chi connectivity index (χ0v) is 10.7. The number of nitrogens with zero attached hydrogens (tertiary/aromatic N) is 1. The Hall–Kier alpha value is -2.24. The molecule has 1 aromatic rings. The summed E-state index contributed by atoms with van der Waals surface area (Å²) in [5, 5.41) is 14.4. The number of hydrogen-bond acceptors (Lipinski definition) is 4. The molecule has 0 unspecified atom stereocenters. The molecule has 0 aromatic heterocycles. The van der Waals surface area contributed by atoms with Crippen LogP contribution in [-0.4, -0.2) is 23.6 Å². The molecular formula is C13H17N3O3. The molecule has 0 saturated heterocycles. The molecule has 19 heavy (non-hydrogen) atoms. The van der Waals surface area contributed by atoms with E-state index in [9.17, 15) is 4.79 Å². The van der Waals surface area contributed by atoms with Gasteiger partial charge in [0.25, 0.3) is 0 Å². The minimum Gasteiger partial charge on any atom is -0.494 e. The topological polar surface area (TPSA) is 96.9 Å². The molecule has 2 rings (SSSR count). The first-order chi connectivity index (χ1) is 9.12. The largest absolute Gasteiger partial charge is 0.494 e. The van der Waals surface area contributed by atoms with Crippen molar-refractivity contribution in [1.82, 2.24) is 0 Å². The molecule has 0 heterocycles. The van der Waals surface area contributed by atoms with Crippen LogP contribution in [-0.2, 0) is 4.79 Å². The maximum Gasteiger partial charge on any atom is 0.238 e. The number of nitrogens with two attached hydrogens (primary N) is 1. The van der Waals surface area contributed by atoms with E-state index < -0.39 is 5.41 Å². The summed E-state index contributed by atoms with van der Waals surface area (Å²) in [6, 6.07) is 7.12. The van der Waals surface area contributed by atoms with Gasteiger partial charge in [0.05, 0.1) is 6.61 Å². The summed E-state index contributed by atoms with van der Waals surface area (Å²) < 4.78 is 5.36. The van der Waals surface area contributed by atoms with Gasteiger partial charge in [0.15, 0.2) is 5.84 Å². The maximum absolute atomic E-state index is 12.1. The van der Waals surface area contributed by atoms with Gasteiger partial charge in [-0.2, -0.15) is 0 Å². The lowest BCUT2D eigenvalue weighted by atomic mass is 10.1. The van der Waals surface area contributed by atoms with Gasteiger partial charge in [0, 0.05) is 11.8 Å². The summed E-state index contributed by atoms with van der Waals surface area (Å²) in [7, 11) is 0. The van der Waals surface area contributed by atoms with Crippen LogP contribution >= 0.6 is 0 Å². The molecule has 6 nitrogen and oxygen atoms in total. The fourth-order valence-corrected chi connectivity index (χ4v) is 1.90. The van der Waals surface area contributed by atoms with Gasteiger partial charge in [0.2, 0.25) is 5.91 Å². The van der Waals surface area contributed by atoms with Crippen LogP contribution in [0.1, 0.15) is 19.8 Å². The lowest BCUT2D eigenvalue weighted by molar-refractivity contribution is -0.119. The highest BCUT2D eigenvalue weighted by Gasteiger charge is 2.54. The molecule has 1 fully saturated rings. The van der Waals surface area contributed by atoms with Crippen molar-refractivity contribution in [3.8, 4) is 5.75 Å². The van der Waals surface area contributed by atoms with Crippen LogP contribution in [0.4, 0.5) is 5.69 Å². The molecule has 1 amide bonds. The Kier molecular flexibility index (Phi) is 3.59. The van der Waals surface area contributed by atoms with Crippen molar-refractivity contribution in [2.45, 2.75) is 19.8 Å². The van der Waals surface area contributed by atoms with E-state index in [1.807, 2.05) is 13.0 Å². The Morgan fingerprint density at radius 2 is 2.32 bits per heavy atom. The predicted octanol–water partition coefficient (Wildman–Crippen LogP) is 1.55. The standard InChI is InChI=1S/C13H17N3O3/c1-2-19-10-5-3-4-9(8-10)15-12(17)13(6-7-13)11(14)16-18/h3-5,8,18H,2,6-7H2,1H3,(H2,14,16)(H,15,17). The SMILES string of the molecule is CCOc1cccc(NC(=O)C2(/C(N)=N/O)CC2)c1. The lowest BCUT2D eigenvalue weighted by Crippen LogP contribution is -2.36. The smallest absolute Gasteiger partial charge is 0.238 e.